The van der Waals surface area contributed by atoms with E-state index >= 15 is 0 Å². The summed E-state index contributed by atoms with van der Waals surface area (Å²) in [7, 11) is 1.58. The van der Waals surface area contributed by atoms with Gasteiger partial charge >= 0.3 is 0 Å². The molecule has 0 radical (unpaired) electrons. The SMILES string of the molecule is CCCOc1cccc(-c2cc(N)c(=O)n(CCOC)n2)c1. The van der Waals surface area contributed by atoms with Gasteiger partial charge in [-0.15, -0.1) is 0 Å². The van der Waals surface area contributed by atoms with E-state index in [1.807, 2.05) is 24.3 Å². The molecular weight excluding hydrogens is 282 g/mol. The predicted molar refractivity (Wildman–Crippen MR) is 86.0 cm³/mol. The van der Waals surface area contributed by atoms with Crippen molar-refractivity contribution in [2.45, 2.75) is 19.9 Å². The number of nitrogens with zero attached hydrogens (tertiary/aromatic N) is 2. The summed E-state index contributed by atoms with van der Waals surface area (Å²) >= 11 is 0. The van der Waals surface area contributed by atoms with Crippen molar-refractivity contribution >= 4 is 5.69 Å². The van der Waals surface area contributed by atoms with Gasteiger partial charge < -0.3 is 15.2 Å². The molecule has 118 valence electrons. The van der Waals surface area contributed by atoms with E-state index in [2.05, 4.69) is 12.0 Å². The molecule has 2 rings (SSSR count). The van der Waals surface area contributed by atoms with Gasteiger partial charge in [-0.3, -0.25) is 4.79 Å². The van der Waals surface area contributed by atoms with Gasteiger partial charge in [0.25, 0.3) is 5.56 Å². The molecule has 6 nitrogen and oxygen atoms in total. The summed E-state index contributed by atoms with van der Waals surface area (Å²) in [6, 6.07) is 9.17. The van der Waals surface area contributed by atoms with Crippen molar-refractivity contribution in [2.24, 2.45) is 0 Å². The smallest absolute Gasteiger partial charge is 0.289 e. The average Bonchev–Trinajstić information content (AvgIpc) is 2.54. The molecule has 0 bridgehead atoms. The van der Waals surface area contributed by atoms with Gasteiger partial charge in [0.15, 0.2) is 0 Å². The number of ether oxygens (including phenoxy) is 2. The molecule has 22 heavy (non-hydrogen) atoms. The van der Waals surface area contributed by atoms with E-state index in [1.165, 1.54) is 4.68 Å². The third kappa shape index (κ3) is 3.85. The Kier molecular flexibility index (Phi) is 5.55. The Morgan fingerprint density at radius 3 is 2.82 bits per heavy atom. The standard InChI is InChI=1S/C16H21N3O3/c1-3-8-22-13-6-4-5-12(10-13)15-11-14(17)16(20)19(18-15)7-9-21-2/h4-6,10-11H,3,7-9,17H2,1-2H3. The second-order valence-corrected chi connectivity index (χ2v) is 4.88. The third-order valence-electron chi connectivity index (χ3n) is 3.11. The van der Waals surface area contributed by atoms with Crippen molar-refractivity contribution in [1.29, 1.82) is 0 Å². The van der Waals surface area contributed by atoms with Crippen molar-refractivity contribution in [2.75, 3.05) is 26.1 Å². The fourth-order valence-electron chi connectivity index (χ4n) is 2.00. The lowest BCUT2D eigenvalue weighted by atomic mass is 10.1. The lowest BCUT2D eigenvalue weighted by molar-refractivity contribution is 0.182. The summed E-state index contributed by atoms with van der Waals surface area (Å²) in [6.45, 7) is 3.47. The topological polar surface area (TPSA) is 79.4 Å². The minimum Gasteiger partial charge on any atom is -0.494 e. The lowest BCUT2D eigenvalue weighted by Gasteiger charge is -2.10. The molecule has 0 amide bonds. The molecule has 0 unspecified atom stereocenters. The number of nitrogen functional groups attached to an aromatic ring is 1. The van der Waals surface area contributed by atoms with E-state index in [-0.39, 0.29) is 11.2 Å². The van der Waals surface area contributed by atoms with Gasteiger partial charge in [-0.2, -0.15) is 5.10 Å². The first-order valence-corrected chi connectivity index (χ1v) is 7.25. The zero-order chi connectivity index (χ0) is 15.9. The summed E-state index contributed by atoms with van der Waals surface area (Å²) in [5, 5.41) is 4.35. The van der Waals surface area contributed by atoms with Crippen LogP contribution in [-0.4, -0.2) is 30.1 Å². The lowest BCUT2D eigenvalue weighted by Crippen LogP contribution is -2.27. The highest BCUT2D eigenvalue weighted by atomic mass is 16.5. The van der Waals surface area contributed by atoms with Crippen LogP contribution in [0.5, 0.6) is 5.75 Å². The number of methoxy groups -OCH3 is 1. The fraction of sp³-hybridized carbons (Fsp3) is 0.375. The van der Waals surface area contributed by atoms with E-state index in [1.54, 1.807) is 13.2 Å². The molecule has 0 saturated heterocycles. The summed E-state index contributed by atoms with van der Waals surface area (Å²) in [6.07, 6.45) is 0.942. The van der Waals surface area contributed by atoms with Crippen molar-refractivity contribution in [3.63, 3.8) is 0 Å². The number of nitrogens with two attached hydrogens (primary N) is 1. The highest BCUT2D eigenvalue weighted by Crippen LogP contribution is 2.22. The van der Waals surface area contributed by atoms with Gasteiger partial charge in [-0.1, -0.05) is 19.1 Å². The Morgan fingerprint density at radius 1 is 1.27 bits per heavy atom. The van der Waals surface area contributed by atoms with Gasteiger partial charge in [0.05, 0.1) is 25.5 Å². The molecule has 6 heteroatoms. The first-order valence-electron chi connectivity index (χ1n) is 7.25. The molecule has 2 N–H and O–H groups in total. The largest absolute Gasteiger partial charge is 0.494 e. The predicted octanol–water partition coefficient (Wildman–Crippen LogP) is 1.93. The quantitative estimate of drug-likeness (QED) is 0.845. The molecule has 0 spiro atoms. The monoisotopic (exact) mass is 303 g/mol. The van der Waals surface area contributed by atoms with Crippen LogP contribution in [0, 0.1) is 0 Å². The van der Waals surface area contributed by atoms with Crippen LogP contribution in [0.25, 0.3) is 11.3 Å². The van der Waals surface area contributed by atoms with E-state index in [4.69, 9.17) is 15.2 Å². The molecule has 0 aliphatic heterocycles. The van der Waals surface area contributed by atoms with Crippen LogP contribution < -0.4 is 16.0 Å². The zero-order valence-corrected chi connectivity index (χ0v) is 12.9. The fourth-order valence-corrected chi connectivity index (χ4v) is 2.00. The van der Waals surface area contributed by atoms with Gasteiger partial charge in [0, 0.05) is 12.7 Å². The highest BCUT2D eigenvalue weighted by molar-refractivity contribution is 5.63. The van der Waals surface area contributed by atoms with Crippen molar-refractivity contribution < 1.29 is 9.47 Å². The minimum atomic E-state index is -0.306. The van der Waals surface area contributed by atoms with E-state index in [0.717, 1.165) is 17.7 Å². The Hall–Kier alpha value is -2.34. The Morgan fingerprint density at radius 2 is 2.09 bits per heavy atom. The van der Waals surface area contributed by atoms with Crippen LogP contribution in [0.4, 0.5) is 5.69 Å². The summed E-state index contributed by atoms with van der Waals surface area (Å²) in [4.78, 5) is 12.0. The second-order valence-electron chi connectivity index (χ2n) is 4.88. The Balaban J connectivity index is 2.35. The minimum absolute atomic E-state index is 0.168. The first kappa shape index (κ1) is 16.0. The third-order valence-corrected chi connectivity index (χ3v) is 3.11. The van der Waals surface area contributed by atoms with Crippen LogP contribution in [0.3, 0.4) is 0 Å². The average molecular weight is 303 g/mol. The van der Waals surface area contributed by atoms with Gasteiger partial charge in [0.1, 0.15) is 11.4 Å². The maximum absolute atomic E-state index is 12.0. The Labute approximate surface area is 129 Å². The normalized spacial score (nSPS) is 10.6. The molecule has 2 aromatic rings. The van der Waals surface area contributed by atoms with Crippen molar-refractivity contribution in [1.82, 2.24) is 9.78 Å². The number of hydrogen-bond acceptors (Lipinski definition) is 5. The van der Waals surface area contributed by atoms with Crippen molar-refractivity contribution in [3.8, 4) is 17.0 Å². The molecule has 0 saturated carbocycles. The number of anilines is 1. The van der Waals surface area contributed by atoms with Crippen LogP contribution >= 0.6 is 0 Å². The van der Waals surface area contributed by atoms with Gasteiger partial charge in [-0.05, 0) is 24.6 Å². The number of aromatic nitrogens is 2. The van der Waals surface area contributed by atoms with Crippen LogP contribution in [-0.2, 0) is 11.3 Å². The number of benzene rings is 1. The summed E-state index contributed by atoms with van der Waals surface area (Å²) in [5.74, 6) is 0.773. The summed E-state index contributed by atoms with van der Waals surface area (Å²) < 4.78 is 11.9. The van der Waals surface area contributed by atoms with Crippen molar-refractivity contribution in [3.05, 3.63) is 40.7 Å². The number of hydrogen-bond donors (Lipinski definition) is 1. The van der Waals surface area contributed by atoms with E-state index in [0.29, 0.717) is 25.5 Å². The van der Waals surface area contributed by atoms with E-state index < -0.39 is 0 Å². The van der Waals surface area contributed by atoms with Crippen LogP contribution in [0.2, 0.25) is 0 Å². The molecule has 0 aliphatic carbocycles. The molecule has 1 heterocycles. The maximum atomic E-state index is 12.0. The molecule has 1 aromatic heterocycles. The highest BCUT2D eigenvalue weighted by Gasteiger charge is 2.08. The molecule has 0 aliphatic rings. The molecule has 0 fully saturated rings. The Bertz CT molecular complexity index is 683. The number of rotatable bonds is 7. The second kappa shape index (κ2) is 7.61. The molecular formula is C16H21N3O3. The molecule has 1 aromatic carbocycles. The first-order chi connectivity index (χ1) is 10.7. The zero-order valence-electron chi connectivity index (χ0n) is 12.9. The summed E-state index contributed by atoms with van der Waals surface area (Å²) in [5.41, 5.74) is 7.15. The maximum Gasteiger partial charge on any atom is 0.289 e. The van der Waals surface area contributed by atoms with E-state index in [9.17, 15) is 4.79 Å². The van der Waals surface area contributed by atoms with Gasteiger partial charge in [0.2, 0.25) is 0 Å². The van der Waals surface area contributed by atoms with Gasteiger partial charge in [-0.25, -0.2) is 4.68 Å². The van der Waals surface area contributed by atoms with Crippen LogP contribution in [0.15, 0.2) is 35.1 Å². The molecule has 0 atom stereocenters. The van der Waals surface area contributed by atoms with Crippen LogP contribution in [0.1, 0.15) is 13.3 Å².